The Hall–Kier alpha value is -2.19. The third kappa shape index (κ3) is 6.76. The zero-order valence-electron chi connectivity index (χ0n) is 23.4. The maximum atomic E-state index is 14.0. The predicted octanol–water partition coefficient (Wildman–Crippen LogP) is 1.54. The molecule has 0 radical (unpaired) electrons. The number of rotatable bonds is 7. The Morgan fingerprint density at radius 1 is 1.13 bits per heavy atom. The fraction of sp³-hybridized carbons (Fsp3) is 0.467. The van der Waals surface area contributed by atoms with Gasteiger partial charge in [0.2, 0.25) is 0 Å². The van der Waals surface area contributed by atoms with Crippen LogP contribution < -0.4 is 40.0 Å². The van der Waals surface area contributed by atoms with E-state index < -0.39 is 11.6 Å². The van der Waals surface area contributed by atoms with Gasteiger partial charge >= 0.3 is 29.6 Å². The molecule has 202 valence electrons. The zero-order chi connectivity index (χ0) is 27.7. The number of nitrogens with one attached hydrogen (secondary N) is 1. The summed E-state index contributed by atoms with van der Waals surface area (Å²) in [6, 6.07) is 14.1. The van der Waals surface area contributed by atoms with Crippen molar-refractivity contribution < 1.29 is 49.0 Å². The van der Waals surface area contributed by atoms with E-state index in [4.69, 9.17) is 16.6 Å². The first-order valence-corrected chi connectivity index (χ1v) is 13.6. The number of carbonyl (C=O) groups excluding carboxylic acids is 3. The Balaban J connectivity index is 0.00000420. The summed E-state index contributed by atoms with van der Waals surface area (Å²) in [4.78, 5) is 44.0. The molecule has 1 N–H and O–H groups in total. The van der Waals surface area contributed by atoms with Crippen molar-refractivity contribution in [3.8, 4) is 0 Å². The monoisotopic (exact) mass is 559 g/mol. The van der Waals surface area contributed by atoms with E-state index in [2.05, 4.69) is 26.1 Å². The number of aliphatic imine (C=N–C) groups is 1. The third-order valence-electron chi connectivity index (χ3n) is 7.99. The van der Waals surface area contributed by atoms with E-state index in [1.165, 1.54) is 0 Å². The van der Waals surface area contributed by atoms with Crippen LogP contribution in [0.3, 0.4) is 0 Å². The second-order valence-corrected chi connectivity index (χ2v) is 11.8. The second kappa shape index (κ2) is 12.5. The molecule has 2 aliphatic rings. The van der Waals surface area contributed by atoms with Gasteiger partial charge < -0.3 is 20.1 Å². The van der Waals surface area contributed by atoms with Gasteiger partial charge in [-0.15, -0.1) is 0 Å². The molecule has 9 heteroatoms. The first kappa shape index (κ1) is 31.3. The molecule has 0 aromatic heterocycles. The minimum Gasteiger partial charge on any atom is -0.550 e. The van der Waals surface area contributed by atoms with Gasteiger partial charge in [-0.3, -0.25) is 14.6 Å². The second-order valence-electron chi connectivity index (χ2n) is 11.4. The first-order chi connectivity index (χ1) is 17.9. The molecule has 1 atom stereocenters. The summed E-state index contributed by atoms with van der Waals surface area (Å²) in [5.74, 6) is -1.16. The summed E-state index contributed by atoms with van der Waals surface area (Å²) in [7, 11) is 0. The van der Waals surface area contributed by atoms with E-state index >= 15 is 0 Å². The van der Waals surface area contributed by atoms with E-state index in [0.717, 1.165) is 31.2 Å². The standard InChI is InChI=1S/C30H36ClN3O4.Na/c1-19(20-9-11-21(12-10-20)27(37)32-18-15-25(35)36)34-28(38)26(23-7-5-6-8-24(23)31)33-30(34)16-13-22(14-17-30)29(2,3)4;/h5-12,19,22H,13-18H2,1-4H3,(H,32,37)(H,35,36);/q;+1/p-1/t19-,22?,30?;/m1./s1. The van der Waals surface area contributed by atoms with Crippen LogP contribution in [0, 0.1) is 11.3 Å². The molecule has 1 aliphatic carbocycles. The van der Waals surface area contributed by atoms with Crippen molar-refractivity contribution in [1.29, 1.82) is 0 Å². The summed E-state index contributed by atoms with van der Waals surface area (Å²) in [6.07, 6.45) is 3.26. The quantitative estimate of drug-likeness (QED) is 0.520. The number of carboxylic acid groups (broad SMARTS) is 1. The molecule has 1 aliphatic heterocycles. The Labute approximate surface area is 257 Å². The number of nitrogens with zero attached hydrogens (tertiary/aromatic N) is 2. The van der Waals surface area contributed by atoms with Crippen molar-refractivity contribution in [3.05, 3.63) is 70.2 Å². The molecule has 2 amide bonds. The first-order valence-electron chi connectivity index (χ1n) is 13.2. The fourth-order valence-electron chi connectivity index (χ4n) is 5.72. The minimum absolute atomic E-state index is 0. The summed E-state index contributed by atoms with van der Waals surface area (Å²) in [6.45, 7) is 8.80. The molecule has 7 nitrogen and oxygen atoms in total. The summed E-state index contributed by atoms with van der Waals surface area (Å²) >= 11 is 6.50. The van der Waals surface area contributed by atoms with Crippen LogP contribution in [0.2, 0.25) is 5.02 Å². The summed E-state index contributed by atoms with van der Waals surface area (Å²) in [5.41, 5.74) is 1.90. The van der Waals surface area contributed by atoms with Crippen molar-refractivity contribution in [2.75, 3.05) is 6.54 Å². The number of aliphatic carboxylic acids is 1. The van der Waals surface area contributed by atoms with Gasteiger partial charge in [0.1, 0.15) is 11.4 Å². The molecule has 0 saturated heterocycles. The zero-order valence-corrected chi connectivity index (χ0v) is 26.2. The van der Waals surface area contributed by atoms with Gasteiger partial charge in [0.15, 0.2) is 0 Å². The summed E-state index contributed by atoms with van der Waals surface area (Å²) < 4.78 is 0. The maximum absolute atomic E-state index is 14.0. The molecule has 2 aromatic rings. The van der Waals surface area contributed by atoms with Gasteiger partial charge in [0, 0.05) is 30.1 Å². The third-order valence-corrected chi connectivity index (χ3v) is 8.32. The molecular formula is C30H35ClN3NaO4. The number of halogens is 1. The molecule has 1 saturated carbocycles. The average Bonchev–Trinajstić information content (AvgIpc) is 3.14. The Bertz CT molecular complexity index is 1250. The predicted molar refractivity (Wildman–Crippen MR) is 146 cm³/mol. The Morgan fingerprint density at radius 2 is 1.74 bits per heavy atom. The molecule has 2 aromatic carbocycles. The smallest absolute Gasteiger partial charge is 0.550 e. The SMILES string of the molecule is C[C@H](c1ccc(C(=O)NCCC(=O)[O-])cc1)N1C(=O)C(c2ccccc2Cl)=NC12CCC(C(C)(C)C)CC2.[Na+]. The van der Waals surface area contributed by atoms with E-state index in [9.17, 15) is 19.5 Å². The molecule has 1 spiro atoms. The Kier molecular flexibility index (Phi) is 10.1. The number of benzene rings is 2. The van der Waals surface area contributed by atoms with Gasteiger partial charge in [-0.25, -0.2) is 0 Å². The fourth-order valence-corrected chi connectivity index (χ4v) is 5.94. The molecule has 0 bridgehead atoms. The van der Waals surface area contributed by atoms with Crippen molar-refractivity contribution in [3.63, 3.8) is 0 Å². The van der Waals surface area contributed by atoms with Crippen LogP contribution in [0.1, 0.15) is 87.3 Å². The minimum atomic E-state index is -1.21. The van der Waals surface area contributed by atoms with Crippen molar-refractivity contribution in [1.82, 2.24) is 10.2 Å². The molecule has 39 heavy (non-hydrogen) atoms. The van der Waals surface area contributed by atoms with E-state index in [1.54, 1.807) is 18.2 Å². The van der Waals surface area contributed by atoms with Crippen LogP contribution in [0.15, 0.2) is 53.5 Å². The van der Waals surface area contributed by atoms with Crippen molar-refractivity contribution in [2.45, 2.75) is 71.5 Å². The van der Waals surface area contributed by atoms with Crippen LogP contribution in [0.4, 0.5) is 0 Å². The topological polar surface area (TPSA) is 102 Å². The number of carboxylic acids is 1. The summed E-state index contributed by atoms with van der Waals surface area (Å²) in [5, 5.41) is 13.7. The van der Waals surface area contributed by atoms with Crippen molar-refractivity contribution >= 4 is 35.1 Å². The van der Waals surface area contributed by atoms with Gasteiger partial charge in [0.05, 0.1) is 11.1 Å². The Morgan fingerprint density at radius 3 is 2.31 bits per heavy atom. The number of amides is 2. The largest absolute Gasteiger partial charge is 1.00 e. The number of carbonyl (C=O) groups is 3. The molecular weight excluding hydrogens is 525 g/mol. The number of hydrogen-bond acceptors (Lipinski definition) is 5. The molecule has 0 unspecified atom stereocenters. The van der Waals surface area contributed by atoms with E-state index in [0.29, 0.717) is 27.8 Å². The van der Waals surface area contributed by atoms with Gasteiger partial charge in [-0.2, -0.15) is 0 Å². The van der Waals surface area contributed by atoms with E-state index in [1.807, 2.05) is 42.2 Å². The van der Waals surface area contributed by atoms with Gasteiger partial charge in [-0.1, -0.05) is 62.7 Å². The van der Waals surface area contributed by atoms with Gasteiger partial charge in [-0.05, 0) is 67.7 Å². The van der Waals surface area contributed by atoms with Crippen molar-refractivity contribution in [2.24, 2.45) is 16.3 Å². The van der Waals surface area contributed by atoms with E-state index in [-0.39, 0.29) is 65.8 Å². The molecule has 1 heterocycles. The maximum Gasteiger partial charge on any atom is 1.00 e. The van der Waals surface area contributed by atoms with Crippen LogP contribution >= 0.6 is 11.6 Å². The molecule has 1 fully saturated rings. The van der Waals surface area contributed by atoms with Crippen LogP contribution in [-0.4, -0.2) is 40.6 Å². The van der Waals surface area contributed by atoms with Crippen LogP contribution in [0.5, 0.6) is 0 Å². The van der Waals surface area contributed by atoms with Gasteiger partial charge in [0.25, 0.3) is 11.8 Å². The average molecular weight is 560 g/mol. The number of hydrogen-bond donors (Lipinski definition) is 1. The normalized spacial score (nSPS) is 21.8. The van der Waals surface area contributed by atoms with Crippen LogP contribution in [-0.2, 0) is 9.59 Å². The molecule has 4 rings (SSSR count). The van der Waals surface area contributed by atoms with Crippen LogP contribution in [0.25, 0.3) is 0 Å².